The minimum atomic E-state index is -0.282. The smallest absolute Gasteiger partial charge is 0.239 e. The molecule has 1 fully saturated rings. The molecule has 1 saturated heterocycles. The van der Waals surface area contributed by atoms with E-state index >= 15 is 0 Å². The molecule has 0 aromatic heterocycles. The van der Waals surface area contributed by atoms with E-state index in [1.54, 1.807) is 0 Å². The molecule has 7 heteroatoms. The summed E-state index contributed by atoms with van der Waals surface area (Å²) in [7, 11) is 0. The summed E-state index contributed by atoms with van der Waals surface area (Å²) in [6.45, 7) is 1.97. The number of amides is 2. The van der Waals surface area contributed by atoms with Crippen LogP contribution in [0.4, 0.5) is 0 Å². The highest BCUT2D eigenvalue weighted by Gasteiger charge is 2.24. The molecule has 2 aliphatic heterocycles. The fourth-order valence-electron chi connectivity index (χ4n) is 3.03. The van der Waals surface area contributed by atoms with Crippen LogP contribution in [0.25, 0.3) is 0 Å². The molecule has 132 valence electrons. The van der Waals surface area contributed by atoms with Gasteiger partial charge in [-0.2, -0.15) is 0 Å². The van der Waals surface area contributed by atoms with Crippen LogP contribution in [0.5, 0.6) is 0 Å². The number of hydrogen-bond donors (Lipinski definition) is 3. The average Bonchev–Trinajstić information content (AvgIpc) is 3.11. The predicted molar refractivity (Wildman–Crippen MR) is 93.0 cm³/mol. The molecule has 0 saturated carbocycles. The van der Waals surface area contributed by atoms with Crippen LogP contribution in [0.15, 0.2) is 24.3 Å². The Kier molecular flexibility index (Phi) is 7.02. The lowest BCUT2D eigenvalue weighted by atomic mass is 9.95. The first kappa shape index (κ1) is 18.7. The van der Waals surface area contributed by atoms with Gasteiger partial charge in [-0.3, -0.25) is 9.59 Å². The van der Waals surface area contributed by atoms with Gasteiger partial charge in [-0.15, -0.1) is 12.4 Å². The third kappa shape index (κ3) is 4.93. The Labute approximate surface area is 148 Å². The van der Waals surface area contributed by atoms with E-state index in [-0.39, 0.29) is 42.9 Å². The Morgan fingerprint density at radius 2 is 2.00 bits per heavy atom. The number of rotatable bonds is 5. The number of halogens is 1. The van der Waals surface area contributed by atoms with E-state index < -0.39 is 0 Å². The zero-order valence-electron chi connectivity index (χ0n) is 13.5. The van der Waals surface area contributed by atoms with Crippen molar-refractivity contribution in [3.05, 3.63) is 35.4 Å². The Bertz CT molecular complexity index is 576. The monoisotopic (exact) mass is 353 g/mol. The summed E-state index contributed by atoms with van der Waals surface area (Å²) < 4.78 is 5.45. The fourth-order valence-corrected chi connectivity index (χ4v) is 3.03. The molecular formula is C17H24ClN3O3. The number of ether oxygens (including phenoxy) is 1. The van der Waals surface area contributed by atoms with Crippen molar-refractivity contribution in [3.8, 4) is 0 Å². The fraction of sp³-hybridized carbons (Fsp3) is 0.529. The second-order valence-corrected chi connectivity index (χ2v) is 6.06. The van der Waals surface area contributed by atoms with Crippen molar-refractivity contribution >= 4 is 24.2 Å². The van der Waals surface area contributed by atoms with Crippen molar-refractivity contribution in [2.75, 3.05) is 19.7 Å². The van der Waals surface area contributed by atoms with Gasteiger partial charge in [0.15, 0.2) is 0 Å². The Balaban J connectivity index is 0.00000208. The van der Waals surface area contributed by atoms with E-state index in [4.69, 9.17) is 4.74 Å². The lowest BCUT2D eigenvalue weighted by Crippen LogP contribution is -2.50. The van der Waals surface area contributed by atoms with Crippen LogP contribution >= 0.6 is 12.4 Å². The Morgan fingerprint density at radius 1 is 1.21 bits per heavy atom. The molecule has 1 unspecified atom stereocenters. The van der Waals surface area contributed by atoms with Crippen molar-refractivity contribution in [1.82, 2.24) is 16.0 Å². The van der Waals surface area contributed by atoms with Gasteiger partial charge in [-0.1, -0.05) is 24.3 Å². The quantitative estimate of drug-likeness (QED) is 0.721. The van der Waals surface area contributed by atoms with Crippen LogP contribution in [0, 0.1) is 0 Å². The highest BCUT2D eigenvalue weighted by molar-refractivity contribution is 5.87. The first-order valence-corrected chi connectivity index (χ1v) is 8.18. The van der Waals surface area contributed by atoms with Crippen molar-refractivity contribution in [1.29, 1.82) is 0 Å². The lowest BCUT2D eigenvalue weighted by molar-refractivity contribution is -0.127. The second kappa shape index (κ2) is 9.01. The number of benzene rings is 1. The van der Waals surface area contributed by atoms with Gasteiger partial charge >= 0.3 is 0 Å². The van der Waals surface area contributed by atoms with Crippen LogP contribution in [0.1, 0.15) is 24.0 Å². The Hall–Kier alpha value is -1.63. The van der Waals surface area contributed by atoms with Crippen molar-refractivity contribution < 1.29 is 14.3 Å². The standard InChI is InChI=1S/C17H23N3O3.ClH/c21-16(19-10-14-6-3-7-23-14)11-20-17(22)15-8-12-4-1-2-5-13(12)9-18-15;/h1-2,4-5,14-15,18H,3,6-11H2,(H,19,21)(H,20,22);1H/t14?,15-;/m0./s1. The number of fused-ring (bicyclic) bond motifs is 1. The van der Waals surface area contributed by atoms with E-state index in [2.05, 4.69) is 22.0 Å². The topological polar surface area (TPSA) is 79.5 Å². The van der Waals surface area contributed by atoms with Gasteiger partial charge in [0.25, 0.3) is 0 Å². The molecule has 1 aromatic carbocycles. The van der Waals surface area contributed by atoms with Gasteiger partial charge in [0.2, 0.25) is 11.8 Å². The summed E-state index contributed by atoms with van der Waals surface area (Å²) in [6, 6.07) is 7.81. The molecule has 0 bridgehead atoms. The molecule has 6 nitrogen and oxygen atoms in total. The molecule has 3 rings (SSSR count). The minimum absolute atomic E-state index is 0. The number of carbonyl (C=O) groups is 2. The number of carbonyl (C=O) groups excluding carboxylic acids is 2. The van der Waals surface area contributed by atoms with Gasteiger partial charge in [-0.05, 0) is 30.4 Å². The summed E-state index contributed by atoms with van der Waals surface area (Å²) in [6.07, 6.45) is 2.80. The van der Waals surface area contributed by atoms with Crippen molar-refractivity contribution in [2.45, 2.75) is 38.0 Å². The Morgan fingerprint density at radius 3 is 2.75 bits per heavy atom. The second-order valence-electron chi connectivity index (χ2n) is 6.06. The summed E-state index contributed by atoms with van der Waals surface area (Å²) in [5, 5.41) is 8.72. The molecular weight excluding hydrogens is 330 g/mol. The zero-order valence-corrected chi connectivity index (χ0v) is 14.4. The predicted octanol–water partition coefficient (Wildman–Crippen LogP) is 0.534. The van der Waals surface area contributed by atoms with Crippen LogP contribution < -0.4 is 16.0 Å². The largest absolute Gasteiger partial charge is 0.376 e. The van der Waals surface area contributed by atoms with E-state index in [9.17, 15) is 9.59 Å². The summed E-state index contributed by atoms with van der Waals surface area (Å²) in [5.74, 6) is -0.308. The van der Waals surface area contributed by atoms with Gasteiger partial charge in [0.05, 0.1) is 18.7 Å². The van der Waals surface area contributed by atoms with Crippen LogP contribution in [0.2, 0.25) is 0 Å². The molecule has 0 radical (unpaired) electrons. The van der Waals surface area contributed by atoms with E-state index in [0.717, 1.165) is 19.4 Å². The lowest BCUT2D eigenvalue weighted by Gasteiger charge is -2.25. The number of nitrogens with one attached hydrogen (secondary N) is 3. The van der Waals surface area contributed by atoms with Gasteiger partial charge in [0.1, 0.15) is 0 Å². The minimum Gasteiger partial charge on any atom is -0.376 e. The van der Waals surface area contributed by atoms with Crippen LogP contribution in [-0.2, 0) is 27.3 Å². The molecule has 2 aliphatic rings. The van der Waals surface area contributed by atoms with E-state index in [1.165, 1.54) is 11.1 Å². The molecule has 3 N–H and O–H groups in total. The van der Waals surface area contributed by atoms with Gasteiger partial charge < -0.3 is 20.7 Å². The zero-order chi connectivity index (χ0) is 16.1. The average molecular weight is 354 g/mol. The maximum Gasteiger partial charge on any atom is 0.239 e. The van der Waals surface area contributed by atoms with Crippen LogP contribution in [-0.4, -0.2) is 43.7 Å². The van der Waals surface area contributed by atoms with Gasteiger partial charge in [0, 0.05) is 19.7 Å². The summed E-state index contributed by atoms with van der Waals surface area (Å²) in [5.41, 5.74) is 2.42. The SMILES string of the molecule is Cl.O=C(CNC(=O)[C@@H]1Cc2ccccc2CN1)NCC1CCCO1. The van der Waals surface area contributed by atoms with Gasteiger partial charge in [-0.25, -0.2) is 0 Å². The van der Waals surface area contributed by atoms with Crippen molar-refractivity contribution in [3.63, 3.8) is 0 Å². The highest BCUT2D eigenvalue weighted by atomic mass is 35.5. The highest BCUT2D eigenvalue weighted by Crippen LogP contribution is 2.16. The maximum absolute atomic E-state index is 12.2. The molecule has 24 heavy (non-hydrogen) atoms. The molecule has 0 aliphatic carbocycles. The molecule has 2 heterocycles. The maximum atomic E-state index is 12.2. The molecule has 2 atom stereocenters. The van der Waals surface area contributed by atoms with Crippen molar-refractivity contribution in [2.24, 2.45) is 0 Å². The summed E-state index contributed by atoms with van der Waals surface area (Å²) >= 11 is 0. The third-order valence-corrected chi connectivity index (χ3v) is 4.37. The molecule has 0 spiro atoms. The molecule has 1 aromatic rings. The van der Waals surface area contributed by atoms with E-state index in [0.29, 0.717) is 19.5 Å². The first-order chi connectivity index (χ1) is 11.2. The summed E-state index contributed by atoms with van der Waals surface area (Å²) in [4.78, 5) is 24.0. The normalized spacial score (nSPS) is 22.2. The van der Waals surface area contributed by atoms with Crippen LogP contribution in [0.3, 0.4) is 0 Å². The molecule has 2 amide bonds. The third-order valence-electron chi connectivity index (χ3n) is 4.37. The van der Waals surface area contributed by atoms with E-state index in [1.807, 2.05) is 18.2 Å². The number of hydrogen-bond acceptors (Lipinski definition) is 4. The first-order valence-electron chi connectivity index (χ1n) is 8.18.